The Bertz CT molecular complexity index is 424. The second-order valence-corrected chi connectivity index (χ2v) is 7.61. The number of nitrogens with one attached hydrogen (secondary N) is 1. The van der Waals surface area contributed by atoms with E-state index in [0.717, 1.165) is 77.2 Å². The summed E-state index contributed by atoms with van der Waals surface area (Å²) in [6.07, 6.45) is 7.23. The van der Waals surface area contributed by atoms with E-state index in [1.165, 1.54) is 6.42 Å². The lowest BCUT2D eigenvalue weighted by molar-refractivity contribution is -0.142. The first-order valence-corrected chi connectivity index (χ1v) is 9.46. The predicted octanol–water partition coefficient (Wildman–Crippen LogP) is 2.05. The van der Waals surface area contributed by atoms with Crippen molar-refractivity contribution in [3.05, 3.63) is 0 Å². The summed E-state index contributed by atoms with van der Waals surface area (Å²) in [5.74, 6) is 1.47. The molecule has 0 bridgehead atoms. The van der Waals surface area contributed by atoms with Gasteiger partial charge in [-0.25, -0.2) is 0 Å². The number of piperidine rings is 3. The average Bonchev–Trinajstić information content (AvgIpc) is 2.62. The van der Waals surface area contributed by atoms with E-state index in [9.17, 15) is 9.59 Å². The fourth-order valence-electron chi connectivity index (χ4n) is 4.12. The minimum Gasteiger partial charge on any atom is -0.342 e. The number of rotatable bonds is 2. The highest BCUT2D eigenvalue weighted by molar-refractivity contribution is 5.85. The van der Waals surface area contributed by atoms with Crippen molar-refractivity contribution in [2.45, 2.75) is 57.9 Å². The predicted molar refractivity (Wildman–Crippen MR) is 97.2 cm³/mol. The molecule has 5 nitrogen and oxygen atoms in total. The van der Waals surface area contributed by atoms with Crippen LogP contribution in [-0.4, -0.2) is 60.4 Å². The third kappa shape index (κ3) is 4.63. The number of hydrogen-bond acceptors (Lipinski definition) is 3. The van der Waals surface area contributed by atoms with Crippen molar-refractivity contribution in [3.63, 3.8) is 0 Å². The standard InChI is InChI=1S/C18H31N3O2.ClH/c1-14-5-10-20(11-6-14)17(22)15-7-12-21(13-8-15)18(23)16-4-2-3-9-19-16;/h14-16,19H,2-13H2,1H3;1H. The van der Waals surface area contributed by atoms with Gasteiger partial charge in [0.15, 0.2) is 0 Å². The maximum absolute atomic E-state index is 12.6. The first-order chi connectivity index (χ1) is 11.1. The van der Waals surface area contributed by atoms with Crippen LogP contribution in [0.5, 0.6) is 0 Å². The number of halogens is 1. The summed E-state index contributed by atoms with van der Waals surface area (Å²) in [7, 11) is 0. The highest BCUT2D eigenvalue weighted by atomic mass is 35.5. The van der Waals surface area contributed by atoms with Gasteiger partial charge in [-0.3, -0.25) is 9.59 Å². The van der Waals surface area contributed by atoms with Gasteiger partial charge in [0.2, 0.25) is 11.8 Å². The number of nitrogens with zero attached hydrogens (tertiary/aromatic N) is 2. The van der Waals surface area contributed by atoms with Crippen molar-refractivity contribution in [2.75, 3.05) is 32.7 Å². The maximum Gasteiger partial charge on any atom is 0.239 e. The van der Waals surface area contributed by atoms with Crippen LogP contribution >= 0.6 is 12.4 Å². The Hall–Kier alpha value is -0.810. The highest BCUT2D eigenvalue weighted by Gasteiger charge is 2.33. The van der Waals surface area contributed by atoms with Crippen molar-refractivity contribution >= 4 is 24.2 Å². The molecule has 3 saturated heterocycles. The normalized spacial score (nSPS) is 26.8. The second kappa shape index (κ2) is 9.04. The van der Waals surface area contributed by atoms with Crippen LogP contribution in [-0.2, 0) is 9.59 Å². The minimum absolute atomic E-state index is 0. The molecule has 3 aliphatic heterocycles. The van der Waals surface area contributed by atoms with Crippen LogP contribution in [0.2, 0.25) is 0 Å². The Morgan fingerprint density at radius 3 is 2.00 bits per heavy atom. The number of carbonyl (C=O) groups excluding carboxylic acids is 2. The third-order valence-corrected chi connectivity index (χ3v) is 5.86. The molecule has 0 radical (unpaired) electrons. The Labute approximate surface area is 151 Å². The molecule has 1 atom stereocenters. The van der Waals surface area contributed by atoms with Crippen LogP contribution in [0.4, 0.5) is 0 Å². The van der Waals surface area contributed by atoms with E-state index in [4.69, 9.17) is 0 Å². The minimum atomic E-state index is 0. The lowest BCUT2D eigenvalue weighted by Crippen LogP contribution is -2.52. The topological polar surface area (TPSA) is 52.7 Å². The summed E-state index contributed by atoms with van der Waals surface area (Å²) < 4.78 is 0. The molecule has 0 aliphatic carbocycles. The van der Waals surface area contributed by atoms with Crippen LogP contribution < -0.4 is 5.32 Å². The molecule has 0 aromatic heterocycles. The number of amides is 2. The molecule has 3 fully saturated rings. The number of carbonyl (C=O) groups is 2. The zero-order valence-corrected chi connectivity index (χ0v) is 15.7. The van der Waals surface area contributed by atoms with Crippen LogP contribution in [0, 0.1) is 11.8 Å². The zero-order chi connectivity index (χ0) is 16.2. The lowest BCUT2D eigenvalue weighted by atomic mass is 9.92. The molecule has 1 N–H and O–H groups in total. The van der Waals surface area contributed by atoms with Crippen molar-refractivity contribution in [1.82, 2.24) is 15.1 Å². The number of likely N-dealkylation sites (tertiary alicyclic amines) is 2. The molecular weight excluding hydrogens is 326 g/mol. The Morgan fingerprint density at radius 1 is 0.833 bits per heavy atom. The van der Waals surface area contributed by atoms with Gasteiger partial charge in [-0.2, -0.15) is 0 Å². The molecule has 138 valence electrons. The van der Waals surface area contributed by atoms with E-state index in [1.54, 1.807) is 0 Å². The van der Waals surface area contributed by atoms with Crippen molar-refractivity contribution in [1.29, 1.82) is 0 Å². The van der Waals surface area contributed by atoms with Crippen LogP contribution in [0.1, 0.15) is 51.9 Å². The monoisotopic (exact) mass is 357 g/mol. The molecular formula is C18H32ClN3O2. The van der Waals surface area contributed by atoms with Gasteiger partial charge in [0.25, 0.3) is 0 Å². The van der Waals surface area contributed by atoms with Gasteiger partial charge < -0.3 is 15.1 Å². The van der Waals surface area contributed by atoms with Crippen molar-refractivity contribution in [2.24, 2.45) is 11.8 Å². The van der Waals surface area contributed by atoms with Gasteiger partial charge in [0, 0.05) is 32.1 Å². The molecule has 0 spiro atoms. The van der Waals surface area contributed by atoms with E-state index in [2.05, 4.69) is 17.1 Å². The number of hydrogen-bond donors (Lipinski definition) is 1. The van der Waals surface area contributed by atoms with Crippen LogP contribution in [0.3, 0.4) is 0 Å². The molecule has 24 heavy (non-hydrogen) atoms. The molecule has 0 aromatic rings. The summed E-state index contributed by atoms with van der Waals surface area (Å²) in [6, 6.07) is 0.0135. The summed E-state index contributed by atoms with van der Waals surface area (Å²) in [5, 5.41) is 3.34. The smallest absolute Gasteiger partial charge is 0.239 e. The first kappa shape index (κ1) is 19.5. The Kier molecular flexibility index (Phi) is 7.35. The van der Waals surface area contributed by atoms with E-state index in [-0.39, 0.29) is 30.3 Å². The molecule has 0 aromatic carbocycles. The van der Waals surface area contributed by atoms with E-state index in [0.29, 0.717) is 5.91 Å². The second-order valence-electron chi connectivity index (χ2n) is 7.61. The molecule has 3 aliphatic rings. The van der Waals surface area contributed by atoms with Crippen molar-refractivity contribution in [3.8, 4) is 0 Å². The molecule has 2 amide bonds. The summed E-state index contributed by atoms with van der Waals surface area (Å²) in [6.45, 7) is 6.57. The lowest BCUT2D eigenvalue weighted by Gasteiger charge is -2.38. The van der Waals surface area contributed by atoms with Crippen LogP contribution in [0.15, 0.2) is 0 Å². The van der Waals surface area contributed by atoms with E-state index < -0.39 is 0 Å². The molecule has 0 saturated carbocycles. The third-order valence-electron chi connectivity index (χ3n) is 5.86. The molecule has 1 unspecified atom stereocenters. The summed E-state index contributed by atoms with van der Waals surface area (Å²) in [5.41, 5.74) is 0. The van der Waals surface area contributed by atoms with Crippen LogP contribution in [0.25, 0.3) is 0 Å². The summed E-state index contributed by atoms with van der Waals surface area (Å²) in [4.78, 5) is 29.2. The van der Waals surface area contributed by atoms with Gasteiger partial charge in [0.1, 0.15) is 0 Å². The molecule has 6 heteroatoms. The highest BCUT2D eigenvalue weighted by Crippen LogP contribution is 2.24. The first-order valence-electron chi connectivity index (χ1n) is 9.46. The van der Waals surface area contributed by atoms with Gasteiger partial charge in [-0.05, 0) is 51.0 Å². The summed E-state index contributed by atoms with van der Waals surface area (Å²) >= 11 is 0. The van der Waals surface area contributed by atoms with E-state index in [1.807, 2.05) is 4.90 Å². The zero-order valence-electron chi connectivity index (χ0n) is 14.8. The quantitative estimate of drug-likeness (QED) is 0.822. The van der Waals surface area contributed by atoms with Gasteiger partial charge in [-0.1, -0.05) is 13.3 Å². The fourth-order valence-corrected chi connectivity index (χ4v) is 4.12. The van der Waals surface area contributed by atoms with Gasteiger partial charge >= 0.3 is 0 Å². The van der Waals surface area contributed by atoms with Gasteiger partial charge in [0.05, 0.1) is 6.04 Å². The fraction of sp³-hybridized carbons (Fsp3) is 0.889. The molecule has 3 heterocycles. The molecule has 3 rings (SSSR count). The maximum atomic E-state index is 12.6. The van der Waals surface area contributed by atoms with Gasteiger partial charge in [-0.15, -0.1) is 12.4 Å². The average molecular weight is 358 g/mol. The Morgan fingerprint density at radius 2 is 1.42 bits per heavy atom. The Balaban J connectivity index is 0.00000208. The van der Waals surface area contributed by atoms with Crippen molar-refractivity contribution < 1.29 is 9.59 Å². The largest absolute Gasteiger partial charge is 0.342 e. The SMILES string of the molecule is CC1CCN(C(=O)C2CCN(C(=O)C3CCCCN3)CC2)CC1.Cl. The van der Waals surface area contributed by atoms with E-state index >= 15 is 0 Å².